The van der Waals surface area contributed by atoms with E-state index < -0.39 is 94.0 Å². The summed E-state index contributed by atoms with van der Waals surface area (Å²) in [6.07, 6.45) is 8.27. The van der Waals surface area contributed by atoms with Crippen molar-refractivity contribution in [3.05, 3.63) is 176 Å². The van der Waals surface area contributed by atoms with Gasteiger partial charge in [0.1, 0.15) is 36.8 Å². The molecule has 29 heteroatoms. The van der Waals surface area contributed by atoms with E-state index in [4.69, 9.17) is 53.1 Å². The molecule has 20 rings (SSSR count). The molecule has 0 aliphatic carbocycles. The van der Waals surface area contributed by atoms with Crippen LogP contribution in [0.4, 0.5) is 0 Å². The third-order valence-corrected chi connectivity index (χ3v) is 27.5. The molecule has 4 saturated heterocycles. The third kappa shape index (κ3) is 12.0. The van der Waals surface area contributed by atoms with Gasteiger partial charge >= 0.3 is 23.9 Å². The first-order valence-electron chi connectivity index (χ1n) is 38.5. The Balaban J connectivity index is 0.000000147. The smallest absolute Gasteiger partial charge is 0.375 e. The van der Waals surface area contributed by atoms with Crippen LogP contribution < -0.4 is 48.9 Å². The number of esters is 4. The fourth-order valence-electron chi connectivity index (χ4n) is 20.5. The lowest BCUT2D eigenvalue weighted by atomic mass is 9.71. The molecule has 12 aliphatic heterocycles. The molecule has 7 N–H and O–H groups in total. The number of nitrogens with two attached hydrogens (primary N) is 1. The van der Waals surface area contributed by atoms with E-state index in [9.17, 15) is 44.7 Å². The molecular weight excluding hydrogens is 1510 g/mol. The van der Waals surface area contributed by atoms with Gasteiger partial charge in [-0.3, -0.25) is 39.3 Å². The lowest BCUT2D eigenvalue weighted by Gasteiger charge is -2.62. The number of piperazine rings is 2. The lowest BCUT2D eigenvalue weighted by Crippen LogP contribution is -2.70. The second-order valence-corrected chi connectivity index (χ2v) is 33.0. The molecule has 13 atom stereocenters. The van der Waals surface area contributed by atoms with Gasteiger partial charge in [0, 0.05) is 136 Å². The monoisotopic (exact) mass is 1600 g/mol. The zero-order chi connectivity index (χ0) is 80.5. The first kappa shape index (κ1) is 76.9. The maximum atomic E-state index is 14.9. The van der Waals surface area contributed by atoms with Gasteiger partial charge in [0.15, 0.2) is 51.5 Å². The number of Topliss-reactive ketones (excluding diaryl/α,β-unsaturated/α-hetero) is 1. The summed E-state index contributed by atoms with van der Waals surface area (Å²) < 4.78 is 60.1. The zero-order valence-corrected chi connectivity index (χ0v) is 66.5. The number of H-pyrrole nitrogens is 2. The first-order chi connectivity index (χ1) is 55.7. The number of phenolic OH excluding ortho intramolecular Hbond substituents is 2. The number of aromatic hydroxyl groups is 2. The van der Waals surface area contributed by atoms with E-state index in [2.05, 4.69) is 90.5 Å². The molecule has 14 heterocycles. The Hall–Kier alpha value is -10.7. The number of hydrogen-bond donors (Lipinski definition) is 6. The molecule has 8 aromatic rings. The van der Waals surface area contributed by atoms with Gasteiger partial charge in [-0.2, -0.15) is 10.5 Å². The quantitative estimate of drug-likeness (QED) is 0.0321. The fourth-order valence-corrected chi connectivity index (χ4v) is 23.5. The SMILES string of the molecule is C=CCN1[C@@H]2c3c(cc(C)c(OC)c3O)C[C@H]1[C@H](C#N)N1C2[C@@H]2SCC(=O)C(=O)OC[C@H]1c1c3c(c(C)c(OC(C)=O)c12)OCO3.C=CCN1[C@@H]2c3c(cc(C)c(OC)c3O)C[C@H]1[C@H](C#N)N1C2[C@@H]2SC[C@]3(NCCc4c3[nH]c3ccccc43)C(=O)OC[C@H]1c1c3c(c(C)c(OC(C)=O)c12)OCO3.NCCc1c[nH]c2ccccc12. The van der Waals surface area contributed by atoms with Crippen molar-refractivity contribution in [3.8, 4) is 69.6 Å². The van der Waals surface area contributed by atoms with Crippen LogP contribution in [0.25, 0.3) is 21.8 Å². The number of ketones is 1. The van der Waals surface area contributed by atoms with Crippen molar-refractivity contribution in [2.24, 2.45) is 5.73 Å². The van der Waals surface area contributed by atoms with E-state index in [0.717, 1.165) is 68.4 Å². The standard InChI is InChI=1S/C43H43N5O8S.C33H33N3O9S.C10H12N2/c1-6-13-47-27-15-23-14-20(2)36(52-5)35(50)30(23)33(47)34-40-32-31(39-38(54-19-55-39)21(3)37(32)56-22(4)49)29(48(34)28(27)16-44)17-53-42(51)43(18-57-40)41-25(11-12-45-43)24-9-7-8-10-26(24)46-41;1-6-7-35-18-9-17-8-14(2)28(41-5)27(39)22(17)25(35)26-32-24-23(31-30(43-13-44-31)15(3)29(24)45-16(4)37)20(36(26)19(18)10-34)11-42-33(40)21(38)12-46-32;11-6-5-8-7-12-10-4-2-1-3-9(8)10/h6-10,14,27-29,33-34,40,45-46,50H,1,11-13,15,17-19H2,2-5H3;6,8,18-20,25-26,32,39H,1,7,9,11-13H2,2-5H3;1-4,7,12H,5-6,11H2/t27-,28-,29-,33+,34?,40+,43+;18-,19-,20-,25+,26?,32+;/m00./s1. The first-order valence-corrected chi connectivity index (χ1v) is 40.6. The van der Waals surface area contributed by atoms with Crippen molar-refractivity contribution in [2.75, 3.05) is 78.7 Å². The molecule has 2 aromatic heterocycles. The van der Waals surface area contributed by atoms with Crippen molar-refractivity contribution >= 4 is 75.0 Å². The summed E-state index contributed by atoms with van der Waals surface area (Å²) in [4.78, 5) is 81.9. The Labute approximate surface area is 671 Å². The van der Waals surface area contributed by atoms with Crippen LogP contribution in [0, 0.1) is 50.4 Å². The highest BCUT2D eigenvalue weighted by molar-refractivity contribution is 8.00. The van der Waals surface area contributed by atoms with Crippen LogP contribution in [0.1, 0.15) is 132 Å². The van der Waals surface area contributed by atoms with Crippen molar-refractivity contribution < 1.29 is 81.6 Å². The largest absolute Gasteiger partial charge is 0.504 e. The van der Waals surface area contributed by atoms with Gasteiger partial charge in [0.2, 0.25) is 19.4 Å². The topological polar surface area (TPSA) is 348 Å². The average molecular weight is 1600 g/mol. The van der Waals surface area contributed by atoms with Gasteiger partial charge in [-0.25, -0.2) is 9.59 Å². The number of aromatic nitrogens is 2. The summed E-state index contributed by atoms with van der Waals surface area (Å²) in [6, 6.07) is 20.0. The molecule has 596 valence electrons. The molecule has 1 spiro atoms. The number of fused-ring (bicyclic) bond motifs is 21. The van der Waals surface area contributed by atoms with Crippen molar-refractivity contribution in [3.63, 3.8) is 0 Å². The minimum atomic E-state index is -1.26. The minimum Gasteiger partial charge on any atom is -0.504 e. The molecule has 0 saturated carbocycles. The number of rotatable bonds is 10. The average Bonchev–Trinajstić information content (AvgIpc) is 1.03. The Morgan fingerprint density at radius 3 is 1.69 bits per heavy atom. The third-order valence-electron chi connectivity index (χ3n) is 24.7. The van der Waals surface area contributed by atoms with E-state index in [-0.39, 0.29) is 67.6 Å². The van der Waals surface area contributed by atoms with Crippen molar-refractivity contribution in [1.82, 2.24) is 34.9 Å². The number of hydrogen-bond acceptors (Lipinski definition) is 27. The normalized spacial score (nSPS) is 26.4. The fraction of sp³-hybridized carbons (Fsp3) is 0.407. The van der Waals surface area contributed by atoms with E-state index in [1.165, 1.54) is 49.2 Å². The summed E-state index contributed by atoms with van der Waals surface area (Å²) in [5.41, 5.74) is 18.1. The number of nitriles is 2. The second-order valence-electron chi connectivity index (χ2n) is 30.7. The van der Waals surface area contributed by atoms with Crippen molar-refractivity contribution in [2.45, 2.75) is 144 Å². The molecule has 0 radical (unpaired) electrons. The van der Waals surface area contributed by atoms with E-state index in [1.807, 2.05) is 63.4 Å². The number of phenols is 2. The maximum Gasteiger partial charge on any atom is 0.375 e. The highest BCUT2D eigenvalue weighted by atomic mass is 32.2. The molecule has 27 nitrogen and oxygen atoms in total. The summed E-state index contributed by atoms with van der Waals surface area (Å²) in [5.74, 6) is 0.103. The number of nitrogens with one attached hydrogen (secondary N) is 3. The molecule has 115 heavy (non-hydrogen) atoms. The molecule has 4 fully saturated rings. The highest BCUT2D eigenvalue weighted by Gasteiger charge is 2.65. The zero-order valence-electron chi connectivity index (χ0n) is 64.8. The number of nitrogens with zero attached hydrogens (tertiary/aromatic N) is 6. The number of aryl methyl sites for hydroxylation is 2. The van der Waals surface area contributed by atoms with Crippen LogP contribution in [0.3, 0.4) is 0 Å². The number of carbonyl (C=O) groups is 5. The molecule has 6 aromatic carbocycles. The summed E-state index contributed by atoms with van der Waals surface area (Å²) >= 11 is 2.76. The predicted octanol–water partition coefficient (Wildman–Crippen LogP) is 10.3. The Morgan fingerprint density at radius 2 is 1.17 bits per heavy atom. The van der Waals surface area contributed by atoms with E-state index >= 15 is 0 Å². The predicted molar refractivity (Wildman–Crippen MR) is 426 cm³/mol. The van der Waals surface area contributed by atoms with Crippen molar-refractivity contribution in [1.29, 1.82) is 10.5 Å². The van der Waals surface area contributed by atoms with Crippen LogP contribution in [-0.4, -0.2) is 184 Å². The van der Waals surface area contributed by atoms with Gasteiger partial charge in [-0.1, -0.05) is 60.7 Å². The van der Waals surface area contributed by atoms with Gasteiger partial charge < -0.3 is 73.3 Å². The number of benzene rings is 6. The molecule has 2 unspecified atom stereocenters. The lowest BCUT2D eigenvalue weighted by molar-refractivity contribution is -0.157. The van der Waals surface area contributed by atoms with Crippen LogP contribution >= 0.6 is 23.5 Å². The molecule has 8 bridgehead atoms. The second kappa shape index (κ2) is 30.2. The Bertz CT molecular complexity index is 5520. The number of carbonyl (C=O) groups excluding carboxylic acids is 5. The van der Waals surface area contributed by atoms with Gasteiger partial charge in [-0.05, 0) is 105 Å². The van der Waals surface area contributed by atoms with Gasteiger partial charge in [0.25, 0.3) is 0 Å². The van der Waals surface area contributed by atoms with Gasteiger partial charge in [0.05, 0.1) is 72.5 Å². The maximum absolute atomic E-state index is 14.9. The number of cyclic esters (lactones) is 1. The Morgan fingerprint density at radius 1 is 0.670 bits per heavy atom. The number of ether oxygens (including phenoxy) is 10. The summed E-state index contributed by atoms with van der Waals surface area (Å²) in [6.45, 7) is 19.8. The van der Waals surface area contributed by atoms with E-state index in [1.54, 1.807) is 31.9 Å². The number of methoxy groups -OCH3 is 2. The number of thioether (sulfide) groups is 2. The number of para-hydroxylation sites is 2. The van der Waals surface area contributed by atoms with Crippen LogP contribution in [0.15, 0.2) is 92.2 Å². The van der Waals surface area contributed by atoms with Gasteiger partial charge in [-0.15, -0.1) is 36.7 Å². The molecule has 12 aliphatic rings. The Kier molecular flexibility index (Phi) is 20.2. The summed E-state index contributed by atoms with van der Waals surface area (Å²) in [7, 11) is 3.06. The van der Waals surface area contributed by atoms with E-state index in [0.29, 0.717) is 113 Å². The summed E-state index contributed by atoms with van der Waals surface area (Å²) in [5, 5.41) is 51.1. The van der Waals surface area contributed by atoms with Crippen LogP contribution in [0.5, 0.6) is 57.5 Å². The number of aromatic amines is 2. The van der Waals surface area contributed by atoms with Crippen LogP contribution in [0.2, 0.25) is 0 Å². The highest BCUT2D eigenvalue weighted by Crippen LogP contribution is 2.68. The molecule has 0 amide bonds. The molecular formula is C86H88N10O17S2. The van der Waals surface area contributed by atoms with Crippen LogP contribution in [-0.2, 0) is 64.7 Å². The minimum absolute atomic E-state index is 0.00754.